The van der Waals surface area contributed by atoms with Crippen LogP contribution in [0.15, 0.2) is 47.8 Å². The maximum Gasteiger partial charge on any atom is 0.221 e. The van der Waals surface area contributed by atoms with Crippen LogP contribution in [0.4, 0.5) is 0 Å². The largest absolute Gasteiger partial charge is 0.286 e. The molecule has 0 unspecified atom stereocenters. The first-order chi connectivity index (χ1) is 9.24. The Labute approximate surface area is 119 Å². The molecule has 0 radical (unpaired) electrons. The highest BCUT2D eigenvalue weighted by Crippen LogP contribution is 2.29. The normalized spacial score (nSPS) is 10.6. The lowest BCUT2D eigenvalue weighted by atomic mass is 10.1. The fourth-order valence-electron chi connectivity index (χ4n) is 1.78. The van der Waals surface area contributed by atoms with Gasteiger partial charge in [-0.15, -0.1) is 22.7 Å². The maximum absolute atomic E-state index is 12.2. The van der Waals surface area contributed by atoms with E-state index in [0.717, 1.165) is 10.6 Å². The number of aryl methyl sites for hydroxylation is 1. The van der Waals surface area contributed by atoms with Crippen LogP contribution in [0.25, 0.3) is 10.6 Å². The summed E-state index contributed by atoms with van der Waals surface area (Å²) in [5.74, 6) is -0.00914. The van der Waals surface area contributed by atoms with Gasteiger partial charge in [0.1, 0.15) is 0 Å². The Balaban J connectivity index is 1.92. The Morgan fingerprint density at radius 2 is 1.89 bits per heavy atom. The Morgan fingerprint density at radius 3 is 2.58 bits per heavy atom. The molecule has 0 atom stereocenters. The molecule has 2 heterocycles. The number of hydrogen-bond donors (Lipinski definition) is 0. The molecule has 0 fully saturated rings. The molecular formula is C15H11NOS2. The van der Waals surface area contributed by atoms with Crippen LogP contribution in [0.3, 0.4) is 0 Å². The molecule has 0 aliphatic heterocycles. The van der Waals surface area contributed by atoms with E-state index in [2.05, 4.69) is 18.0 Å². The number of rotatable bonds is 3. The first-order valence-corrected chi connectivity index (χ1v) is 7.56. The highest BCUT2D eigenvalue weighted by Gasteiger charge is 2.14. The molecule has 0 spiro atoms. The van der Waals surface area contributed by atoms with Gasteiger partial charge in [0.15, 0.2) is 5.01 Å². The van der Waals surface area contributed by atoms with Crippen molar-refractivity contribution >= 4 is 28.5 Å². The van der Waals surface area contributed by atoms with E-state index >= 15 is 0 Å². The minimum absolute atomic E-state index is 0.00914. The van der Waals surface area contributed by atoms with Gasteiger partial charge in [0, 0.05) is 15.8 Å². The van der Waals surface area contributed by atoms with Crippen LogP contribution in [-0.4, -0.2) is 10.8 Å². The van der Waals surface area contributed by atoms with Crippen LogP contribution in [-0.2, 0) is 0 Å². The number of nitrogens with zero attached hydrogens (tertiary/aromatic N) is 1. The molecule has 0 amide bonds. The van der Waals surface area contributed by atoms with Gasteiger partial charge in [-0.1, -0.05) is 30.3 Å². The SMILES string of the molecule is Cc1ccc(-c2csc(C(=O)c3ccccc3)n2)s1. The molecular weight excluding hydrogens is 274 g/mol. The zero-order valence-corrected chi connectivity index (χ0v) is 11.9. The zero-order chi connectivity index (χ0) is 13.2. The van der Waals surface area contributed by atoms with Crippen LogP contribution < -0.4 is 0 Å². The summed E-state index contributed by atoms with van der Waals surface area (Å²) in [4.78, 5) is 19.1. The zero-order valence-electron chi connectivity index (χ0n) is 10.3. The van der Waals surface area contributed by atoms with E-state index in [-0.39, 0.29) is 5.78 Å². The van der Waals surface area contributed by atoms with Crippen LogP contribution in [0.5, 0.6) is 0 Å². The molecule has 0 N–H and O–H groups in total. The van der Waals surface area contributed by atoms with E-state index in [0.29, 0.717) is 10.6 Å². The number of hydrogen-bond acceptors (Lipinski definition) is 4. The van der Waals surface area contributed by atoms with E-state index in [1.807, 2.05) is 41.8 Å². The second kappa shape index (κ2) is 5.07. The minimum Gasteiger partial charge on any atom is -0.286 e. The third-order valence-electron chi connectivity index (χ3n) is 2.73. The average molecular weight is 285 g/mol. The summed E-state index contributed by atoms with van der Waals surface area (Å²) in [5, 5.41) is 2.49. The van der Waals surface area contributed by atoms with Gasteiger partial charge in [-0.2, -0.15) is 0 Å². The summed E-state index contributed by atoms with van der Waals surface area (Å²) >= 11 is 3.10. The lowest BCUT2D eigenvalue weighted by Gasteiger charge is -1.95. The second-order valence-electron chi connectivity index (χ2n) is 4.14. The van der Waals surface area contributed by atoms with Crippen molar-refractivity contribution in [3.05, 3.63) is 63.3 Å². The van der Waals surface area contributed by atoms with Gasteiger partial charge in [0.25, 0.3) is 0 Å². The van der Waals surface area contributed by atoms with Crippen molar-refractivity contribution in [2.75, 3.05) is 0 Å². The molecule has 94 valence electrons. The number of ketones is 1. The lowest BCUT2D eigenvalue weighted by molar-refractivity contribution is 0.103. The van der Waals surface area contributed by atoms with Crippen LogP contribution in [0, 0.1) is 6.92 Å². The molecule has 3 rings (SSSR count). The van der Waals surface area contributed by atoms with E-state index < -0.39 is 0 Å². The Morgan fingerprint density at radius 1 is 1.11 bits per heavy atom. The minimum atomic E-state index is -0.00914. The van der Waals surface area contributed by atoms with Crippen LogP contribution in [0.2, 0.25) is 0 Å². The van der Waals surface area contributed by atoms with Crippen molar-refractivity contribution in [3.8, 4) is 10.6 Å². The van der Waals surface area contributed by atoms with Crippen LogP contribution >= 0.6 is 22.7 Å². The van der Waals surface area contributed by atoms with Gasteiger partial charge < -0.3 is 0 Å². The van der Waals surface area contributed by atoms with Gasteiger partial charge in [0.05, 0.1) is 10.6 Å². The summed E-state index contributed by atoms with van der Waals surface area (Å²) in [6.45, 7) is 2.07. The average Bonchev–Trinajstić information content (AvgIpc) is 3.07. The van der Waals surface area contributed by atoms with E-state index in [4.69, 9.17) is 0 Å². The number of aromatic nitrogens is 1. The molecule has 0 saturated carbocycles. The fourth-order valence-corrected chi connectivity index (χ4v) is 3.46. The predicted molar refractivity (Wildman–Crippen MR) is 80.0 cm³/mol. The van der Waals surface area contributed by atoms with Gasteiger partial charge in [0.2, 0.25) is 5.78 Å². The number of benzene rings is 1. The summed E-state index contributed by atoms with van der Waals surface area (Å²) in [5.41, 5.74) is 1.58. The first-order valence-electron chi connectivity index (χ1n) is 5.86. The third kappa shape index (κ3) is 2.50. The highest BCUT2D eigenvalue weighted by atomic mass is 32.1. The Bertz CT molecular complexity index is 713. The number of thiazole rings is 1. The quantitative estimate of drug-likeness (QED) is 0.667. The van der Waals surface area contributed by atoms with Crippen LogP contribution in [0.1, 0.15) is 20.2 Å². The summed E-state index contributed by atoms with van der Waals surface area (Å²) in [6, 6.07) is 13.4. The van der Waals surface area contributed by atoms with Crippen molar-refractivity contribution in [1.29, 1.82) is 0 Å². The monoisotopic (exact) mass is 285 g/mol. The van der Waals surface area contributed by atoms with Gasteiger partial charge in [-0.05, 0) is 19.1 Å². The molecule has 2 nitrogen and oxygen atoms in total. The standard InChI is InChI=1S/C15H11NOS2/c1-10-7-8-13(19-10)12-9-18-15(16-12)14(17)11-5-3-2-4-6-11/h2-9H,1H3. The van der Waals surface area contributed by atoms with E-state index in [9.17, 15) is 4.79 Å². The molecule has 0 aliphatic carbocycles. The molecule has 2 aromatic heterocycles. The second-order valence-corrected chi connectivity index (χ2v) is 6.29. The first kappa shape index (κ1) is 12.3. The smallest absolute Gasteiger partial charge is 0.221 e. The van der Waals surface area contributed by atoms with Gasteiger partial charge in [-0.25, -0.2) is 4.98 Å². The van der Waals surface area contributed by atoms with E-state index in [1.165, 1.54) is 16.2 Å². The number of carbonyl (C=O) groups is 1. The van der Waals surface area contributed by atoms with Crippen molar-refractivity contribution in [1.82, 2.24) is 4.98 Å². The van der Waals surface area contributed by atoms with Crippen molar-refractivity contribution in [2.45, 2.75) is 6.92 Å². The molecule has 19 heavy (non-hydrogen) atoms. The molecule has 0 bridgehead atoms. The van der Waals surface area contributed by atoms with Gasteiger partial charge >= 0.3 is 0 Å². The predicted octanol–water partition coefficient (Wildman–Crippen LogP) is 4.41. The van der Waals surface area contributed by atoms with Crippen molar-refractivity contribution < 1.29 is 4.79 Å². The van der Waals surface area contributed by atoms with E-state index in [1.54, 1.807) is 11.3 Å². The molecule has 3 aromatic rings. The summed E-state index contributed by atoms with van der Waals surface area (Å²) in [7, 11) is 0. The van der Waals surface area contributed by atoms with Crippen molar-refractivity contribution in [2.24, 2.45) is 0 Å². The summed E-state index contributed by atoms with van der Waals surface area (Å²) in [6.07, 6.45) is 0. The Kier molecular flexibility index (Phi) is 3.27. The topological polar surface area (TPSA) is 30.0 Å². The third-order valence-corrected chi connectivity index (χ3v) is 4.59. The maximum atomic E-state index is 12.2. The number of thiophene rings is 1. The number of carbonyl (C=O) groups excluding carboxylic acids is 1. The Hall–Kier alpha value is -1.78. The molecule has 0 aliphatic rings. The van der Waals surface area contributed by atoms with Gasteiger partial charge in [-0.3, -0.25) is 4.79 Å². The fraction of sp³-hybridized carbons (Fsp3) is 0.0667. The molecule has 4 heteroatoms. The van der Waals surface area contributed by atoms with Crippen molar-refractivity contribution in [3.63, 3.8) is 0 Å². The lowest BCUT2D eigenvalue weighted by Crippen LogP contribution is -1.99. The molecule has 0 saturated heterocycles. The summed E-state index contributed by atoms with van der Waals surface area (Å²) < 4.78 is 0. The molecule has 1 aromatic carbocycles. The highest BCUT2D eigenvalue weighted by molar-refractivity contribution is 7.16.